The lowest BCUT2D eigenvalue weighted by atomic mass is 10.0. The van der Waals surface area contributed by atoms with Gasteiger partial charge in [-0.15, -0.1) is 6.58 Å². The number of ketones is 1. The maximum atomic E-state index is 14.1. The number of allylic oxidation sites excluding steroid dienone is 1. The van der Waals surface area contributed by atoms with Crippen LogP contribution in [0.2, 0.25) is 0 Å². The van der Waals surface area contributed by atoms with Crippen LogP contribution >= 0.6 is 0 Å². The number of aliphatic hydroxyl groups is 1. The van der Waals surface area contributed by atoms with Gasteiger partial charge in [0.05, 0.1) is 6.10 Å². The lowest BCUT2D eigenvalue weighted by Crippen LogP contribution is -2.17. The van der Waals surface area contributed by atoms with E-state index in [1.807, 2.05) is 39.1 Å². The van der Waals surface area contributed by atoms with E-state index >= 15 is 0 Å². The molecule has 34 heavy (non-hydrogen) atoms. The van der Waals surface area contributed by atoms with Gasteiger partial charge in [0.2, 0.25) is 0 Å². The highest BCUT2D eigenvalue weighted by molar-refractivity contribution is 5.96. The van der Waals surface area contributed by atoms with Gasteiger partial charge in [0.25, 0.3) is 0 Å². The van der Waals surface area contributed by atoms with Crippen molar-refractivity contribution in [2.24, 2.45) is 0 Å². The van der Waals surface area contributed by atoms with Crippen LogP contribution in [-0.2, 0) is 9.59 Å². The average Bonchev–Trinajstić information content (AvgIpc) is 2.73. The van der Waals surface area contributed by atoms with Crippen molar-refractivity contribution >= 4 is 17.7 Å². The summed E-state index contributed by atoms with van der Waals surface area (Å²) in [5, 5.41) is 25.4. The molecule has 186 valence electrons. The first-order valence-electron chi connectivity index (χ1n) is 10.3. The molecule has 1 aromatic rings. The van der Waals surface area contributed by atoms with Crippen LogP contribution in [-0.4, -0.2) is 70.8 Å². The fourth-order valence-electron chi connectivity index (χ4n) is 2.44. The number of halogens is 1. The molecule has 0 saturated heterocycles. The Kier molecular flexibility index (Phi) is 15.2. The molecule has 9 heteroatoms. The molecule has 0 aliphatic rings. The molecule has 0 saturated carbocycles. The molecular formula is C25H32FNO7. The SMILES string of the molecule is C=CCN(C)CC=CCOc1ccc(C(=O)CC(O)C=C(C)C)cc1F.O=C(O)C=CC(=O)O. The van der Waals surface area contributed by atoms with Crippen LogP contribution in [0.3, 0.4) is 0 Å². The van der Waals surface area contributed by atoms with Gasteiger partial charge in [-0.05, 0) is 39.1 Å². The molecule has 1 aromatic carbocycles. The highest BCUT2D eigenvalue weighted by Gasteiger charge is 2.13. The highest BCUT2D eigenvalue weighted by atomic mass is 19.1. The van der Waals surface area contributed by atoms with Gasteiger partial charge in [0, 0.05) is 37.2 Å². The molecule has 0 aromatic heterocycles. The van der Waals surface area contributed by atoms with Crippen LogP contribution < -0.4 is 4.74 Å². The summed E-state index contributed by atoms with van der Waals surface area (Å²) in [5.41, 5.74) is 1.14. The number of aliphatic hydroxyl groups excluding tert-OH is 1. The minimum atomic E-state index is -1.26. The minimum absolute atomic E-state index is 0.0776. The fourth-order valence-corrected chi connectivity index (χ4v) is 2.44. The zero-order chi connectivity index (χ0) is 26.1. The van der Waals surface area contributed by atoms with Gasteiger partial charge in [0.1, 0.15) is 6.61 Å². The van der Waals surface area contributed by atoms with E-state index in [0.717, 1.165) is 24.7 Å². The van der Waals surface area contributed by atoms with Gasteiger partial charge in [-0.3, -0.25) is 9.69 Å². The van der Waals surface area contributed by atoms with Crippen molar-refractivity contribution in [1.29, 1.82) is 0 Å². The minimum Gasteiger partial charge on any atom is -0.486 e. The average molecular weight is 478 g/mol. The first kappa shape index (κ1) is 30.4. The number of nitrogens with zero attached hydrogens (tertiary/aromatic N) is 1. The Morgan fingerprint density at radius 2 is 1.74 bits per heavy atom. The monoisotopic (exact) mass is 477 g/mol. The zero-order valence-electron chi connectivity index (χ0n) is 19.6. The molecule has 0 spiro atoms. The second kappa shape index (κ2) is 17.0. The van der Waals surface area contributed by atoms with Gasteiger partial charge in [-0.25, -0.2) is 14.0 Å². The van der Waals surface area contributed by atoms with Crippen LogP contribution in [0.5, 0.6) is 5.75 Å². The van der Waals surface area contributed by atoms with E-state index < -0.39 is 23.9 Å². The van der Waals surface area contributed by atoms with E-state index in [4.69, 9.17) is 14.9 Å². The van der Waals surface area contributed by atoms with Crippen molar-refractivity contribution in [3.05, 3.63) is 78.2 Å². The predicted octanol–water partition coefficient (Wildman–Crippen LogP) is 3.49. The number of Topliss-reactive ketones (excluding diaryl/α,β-unsaturated/α-hetero) is 1. The van der Waals surface area contributed by atoms with Crippen molar-refractivity contribution in [2.45, 2.75) is 26.4 Å². The molecule has 3 N–H and O–H groups in total. The summed E-state index contributed by atoms with van der Waals surface area (Å²) < 4.78 is 19.5. The van der Waals surface area contributed by atoms with E-state index in [-0.39, 0.29) is 30.1 Å². The number of carboxylic acid groups (broad SMARTS) is 2. The third-order valence-corrected chi connectivity index (χ3v) is 3.90. The fraction of sp³-hybridized carbons (Fsp3) is 0.320. The molecule has 1 atom stereocenters. The molecule has 0 radical (unpaired) electrons. The highest BCUT2D eigenvalue weighted by Crippen LogP contribution is 2.20. The number of carbonyl (C=O) groups excluding carboxylic acids is 1. The smallest absolute Gasteiger partial charge is 0.328 e. The number of aliphatic carboxylic acids is 2. The number of likely N-dealkylation sites (N-methyl/N-ethyl adjacent to an activating group) is 1. The Bertz CT molecular complexity index is 902. The third-order valence-electron chi connectivity index (χ3n) is 3.90. The predicted molar refractivity (Wildman–Crippen MR) is 128 cm³/mol. The Hall–Kier alpha value is -3.56. The van der Waals surface area contributed by atoms with Crippen molar-refractivity contribution in [3.8, 4) is 5.75 Å². The number of rotatable bonds is 13. The number of carbonyl (C=O) groups is 3. The van der Waals surface area contributed by atoms with Gasteiger partial charge < -0.3 is 20.1 Å². The van der Waals surface area contributed by atoms with Crippen LogP contribution in [0.4, 0.5) is 4.39 Å². The maximum Gasteiger partial charge on any atom is 0.328 e. The number of ether oxygens (including phenoxy) is 1. The molecular weight excluding hydrogens is 445 g/mol. The second-order valence-corrected chi connectivity index (χ2v) is 7.39. The Labute approximate surface area is 199 Å². The van der Waals surface area contributed by atoms with E-state index in [1.54, 1.807) is 6.08 Å². The summed E-state index contributed by atoms with van der Waals surface area (Å²) in [6, 6.07) is 4.10. The van der Waals surface area contributed by atoms with Gasteiger partial charge in [-0.2, -0.15) is 0 Å². The summed E-state index contributed by atoms with van der Waals surface area (Å²) in [4.78, 5) is 33.3. The second-order valence-electron chi connectivity index (χ2n) is 7.39. The Morgan fingerprint density at radius 1 is 1.12 bits per heavy atom. The standard InChI is InChI=1S/C21H28FNO3.C4H4O4/c1-5-10-23(4)11-6-7-12-26-21-9-8-17(14-19(21)22)20(25)15-18(24)13-16(2)3;5-3(6)1-2-4(7)8/h5-9,13-14,18,24H,1,10-12,15H2,2-4H3;1-2H,(H,5,6)(H,7,8). The largest absolute Gasteiger partial charge is 0.486 e. The third kappa shape index (κ3) is 15.3. The van der Waals surface area contributed by atoms with Crippen molar-refractivity contribution < 1.29 is 38.8 Å². The van der Waals surface area contributed by atoms with Crippen molar-refractivity contribution in [1.82, 2.24) is 4.90 Å². The summed E-state index contributed by atoms with van der Waals surface area (Å²) in [6.07, 6.45) is 7.34. The lowest BCUT2D eigenvalue weighted by molar-refractivity contribution is -0.134. The molecule has 0 heterocycles. The van der Waals surface area contributed by atoms with Gasteiger partial charge >= 0.3 is 11.9 Å². The molecule has 8 nitrogen and oxygen atoms in total. The molecule has 0 bridgehead atoms. The molecule has 1 rings (SSSR count). The summed E-state index contributed by atoms with van der Waals surface area (Å²) in [6.45, 7) is 9.13. The molecule has 0 fully saturated rings. The quantitative estimate of drug-likeness (QED) is 0.224. The molecule has 1 unspecified atom stereocenters. The van der Waals surface area contributed by atoms with Crippen molar-refractivity contribution in [2.75, 3.05) is 26.7 Å². The van der Waals surface area contributed by atoms with E-state index in [1.165, 1.54) is 12.1 Å². The van der Waals surface area contributed by atoms with Gasteiger partial charge in [-0.1, -0.05) is 29.9 Å². The number of carboxylic acids is 2. The molecule has 0 aliphatic heterocycles. The van der Waals surface area contributed by atoms with Crippen LogP contribution in [0.15, 0.2) is 66.8 Å². The number of hydrogen-bond donors (Lipinski definition) is 3. The summed E-state index contributed by atoms with van der Waals surface area (Å²) in [5.74, 6) is -3.33. The summed E-state index contributed by atoms with van der Waals surface area (Å²) in [7, 11) is 1.97. The van der Waals surface area contributed by atoms with E-state index in [0.29, 0.717) is 12.2 Å². The number of hydrogen-bond acceptors (Lipinski definition) is 6. The first-order valence-corrected chi connectivity index (χ1v) is 10.3. The summed E-state index contributed by atoms with van der Waals surface area (Å²) >= 11 is 0. The van der Waals surface area contributed by atoms with Gasteiger partial charge in [0.15, 0.2) is 17.3 Å². The number of benzene rings is 1. The first-order chi connectivity index (χ1) is 16.0. The van der Waals surface area contributed by atoms with E-state index in [2.05, 4.69) is 11.5 Å². The van der Waals surface area contributed by atoms with Crippen molar-refractivity contribution in [3.63, 3.8) is 0 Å². The van der Waals surface area contributed by atoms with Crippen LogP contribution in [0.1, 0.15) is 30.6 Å². The topological polar surface area (TPSA) is 124 Å². The Morgan fingerprint density at radius 3 is 2.24 bits per heavy atom. The maximum absolute atomic E-state index is 14.1. The van der Waals surface area contributed by atoms with Crippen LogP contribution in [0.25, 0.3) is 0 Å². The molecule has 0 amide bonds. The zero-order valence-corrected chi connectivity index (χ0v) is 19.6. The normalized spacial score (nSPS) is 11.6. The van der Waals surface area contributed by atoms with Crippen LogP contribution in [0, 0.1) is 5.82 Å². The Balaban J connectivity index is 0.00000116. The molecule has 0 aliphatic carbocycles. The lowest BCUT2D eigenvalue weighted by Gasteiger charge is -2.10. The van der Waals surface area contributed by atoms with E-state index in [9.17, 15) is 23.9 Å².